The molecule has 6 nitrogen and oxygen atoms in total. The molecule has 1 amide bonds. The number of H-pyrrole nitrogens is 1. The van der Waals surface area contributed by atoms with Crippen molar-refractivity contribution in [2.24, 2.45) is 5.84 Å². The number of halogens is 1. The number of carbonyl (C=O) groups excluding carboxylic acids is 1. The van der Waals surface area contributed by atoms with Crippen molar-refractivity contribution in [2.45, 2.75) is 13.8 Å². The molecule has 0 saturated heterocycles. The van der Waals surface area contributed by atoms with Crippen LogP contribution in [0.25, 0.3) is 0 Å². The Bertz CT molecular complexity index is 603. The smallest absolute Gasteiger partial charge is 0.257 e. The van der Waals surface area contributed by atoms with E-state index in [-0.39, 0.29) is 5.91 Å². The molecular weight excluding hydrogens is 266 g/mol. The fraction of sp³-hybridized carbons (Fsp3) is 0.167. The molecule has 19 heavy (non-hydrogen) atoms. The molecule has 2 rings (SSSR count). The predicted molar refractivity (Wildman–Crippen MR) is 75.3 cm³/mol. The SMILES string of the molecule is Cc1n[nH]c(C)c1NC(=O)c1cc(Cl)ccc1NN. The van der Waals surface area contributed by atoms with Gasteiger partial charge in [0.1, 0.15) is 0 Å². The fourth-order valence-electron chi connectivity index (χ4n) is 1.75. The molecule has 0 unspecified atom stereocenters. The Morgan fingerprint density at radius 3 is 2.74 bits per heavy atom. The summed E-state index contributed by atoms with van der Waals surface area (Å²) in [5, 5.41) is 10.1. The number of aromatic amines is 1. The molecule has 0 aliphatic rings. The number of amides is 1. The molecule has 0 radical (unpaired) electrons. The van der Waals surface area contributed by atoms with Crippen molar-refractivity contribution in [2.75, 3.05) is 10.7 Å². The summed E-state index contributed by atoms with van der Waals surface area (Å²) in [5.74, 6) is 5.08. The number of hydrogen-bond donors (Lipinski definition) is 4. The summed E-state index contributed by atoms with van der Waals surface area (Å²) < 4.78 is 0. The van der Waals surface area contributed by atoms with Crippen LogP contribution in [0.1, 0.15) is 21.7 Å². The van der Waals surface area contributed by atoms with Gasteiger partial charge in [-0.1, -0.05) is 11.6 Å². The zero-order valence-corrected chi connectivity index (χ0v) is 11.3. The average molecular weight is 280 g/mol. The molecule has 1 aromatic carbocycles. The summed E-state index contributed by atoms with van der Waals surface area (Å²) in [6.07, 6.45) is 0. The number of carbonyl (C=O) groups is 1. The molecule has 1 heterocycles. The van der Waals surface area contributed by atoms with Crippen LogP contribution in [0.5, 0.6) is 0 Å². The first-order valence-corrected chi connectivity index (χ1v) is 5.99. The number of hydrazine groups is 1. The lowest BCUT2D eigenvalue weighted by Crippen LogP contribution is -2.17. The number of rotatable bonds is 3. The van der Waals surface area contributed by atoms with E-state index < -0.39 is 0 Å². The monoisotopic (exact) mass is 279 g/mol. The van der Waals surface area contributed by atoms with E-state index in [9.17, 15) is 4.79 Å². The van der Waals surface area contributed by atoms with E-state index in [0.717, 1.165) is 11.4 Å². The van der Waals surface area contributed by atoms with Crippen LogP contribution in [0.2, 0.25) is 5.02 Å². The number of anilines is 2. The van der Waals surface area contributed by atoms with Crippen LogP contribution in [-0.4, -0.2) is 16.1 Å². The number of aryl methyl sites for hydroxylation is 2. The van der Waals surface area contributed by atoms with Gasteiger partial charge in [0.2, 0.25) is 0 Å². The average Bonchev–Trinajstić information content (AvgIpc) is 2.70. The van der Waals surface area contributed by atoms with Gasteiger partial charge in [0, 0.05) is 5.02 Å². The van der Waals surface area contributed by atoms with E-state index in [0.29, 0.717) is 22.0 Å². The number of hydrogen-bond acceptors (Lipinski definition) is 4. The summed E-state index contributed by atoms with van der Waals surface area (Å²) in [6, 6.07) is 4.85. The van der Waals surface area contributed by atoms with Gasteiger partial charge in [-0.05, 0) is 32.0 Å². The maximum atomic E-state index is 12.2. The van der Waals surface area contributed by atoms with Gasteiger partial charge in [-0.2, -0.15) is 5.10 Å². The Morgan fingerprint density at radius 1 is 1.42 bits per heavy atom. The Labute approximate surface area is 115 Å². The normalized spacial score (nSPS) is 10.3. The highest BCUT2D eigenvalue weighted by molar-refractivity contribution is 6.31. The van der Waals surface area contributed by atoms with Crippen LogP contribution in [-0.2, 0) is 0 Å². The molecule has 0 fully saturated rings. The second kappa shape index (κ2) is 5.29. The third-order valence-corrected chi connectivity index (χ3v) is 2.98. The van der Waals surface area contributed by atoms with Gasteiger partial charge in [0.05, 0.1) is 28.3 Å². The molecule has 5 N–H and O–H groups in total. The Kier molecular flexibility index (Phi) is 3.73. The minimum absolute atomic E-state index is 0.303. The van der Waals surface area contributed by atoms with E-state index in [1.807, 2.05) is 6.92 Å². The lowest BCUT2D eigenvalue weighted by molar-refractivity contribution is 0.102. The van der Waals surface area contributed by atoms with Gasteiger partial charge >= 0.3 is 0 Å². The Hall–Kier alpha value is -2.05. The van der Waals surface area contributed by atoms with Crippen molar-refractivity contribution in [1.29, 1.82) is 0 Å². The highest BCUT2D eigenvalue weighted by Gasteiger charge is 2.15. The highest BCUT2D eigenvalue weighted by atomic mass is 35.5. The molecule has 7 heteroatoms. The number of nitrogen functional groups attached to an aromatic ring is 1. The molecule has 100 valence electrons. The Morgan fingerprint density at radius 2 is 2.16 bits per heavy atom. The lowest BCUT2D eigenvalue weighted by atomic mass is 10.1. The van der Waals surface area contributed by atoms with E-state index >= 15 is 0 Å². The first-order valence-electron chi connectivity index (χ1n) is 5.62. The zero-order chi connectivity index (χ0) is 14.0. The molecule has 2 aromatic rings. The van der Waals surface area contributed by atoms with Crippen LogP contribution in [0.3, 0.4) is 0 Å². The first kappa shape index (κ1) is 13.4. The predicted octanol–water partition coefficient (Wildman–Crippen LogP) is 2.22. The quantitative estimate of drug-likeness (QED) is 0.512. The summed E-state index contributed by atoms with van der Waals surface area (Å²) in [7, 11) is 0. The second-order valence-corrected chi connectivity index (χ2v) is 4.53. The Balaban J connectivity index is 2.32. The largest absolute Gasteiger partial charge is 0.323 e. The highest BCUT2D eigenvalue weighted by Crippen LogP contribution is 2.23. The van der Waals surface area contributed by atoms with Crippen molar-refractivity contribution >= 4 is 28.9 Å². The maximum absolute atomic E-state index is 12.2. The number of aromatic nitrogens is 2. The molecule has 0 spiro atoms. The topological polar surface area (TPSA) is 95.8 Å². The third kappa shape index (κ3) is 2.69. The molecule has 0 aliphatic heterocycles. The molecule has 0 atom stereocenters. The van der Waals surface area contributed by atoms with Gasteiger partial charge in [-0.25, -0.2) is 0 Å². The summed E-state index contributed by atoms with van der Waals surface area (Å²) in [4.78, 5) is 12.2. The number of benzene rings is 1. The van der Waals surface area contributed by atoms with E-state index in [1.165, 1.54) is 0 Å². The summed E-state index contributed by atoms with van der Waals surface area (Å²) in [5.41, 5.74) is 5.51. The van der Waals surface area contributed by atoms with Gasteiger partial charge < -0.3 is 10.7 Å². The van der Waals surface area contributed by atoms with Gasteiger partial charge in [-0.15, -0.1) is 0 Å². The molecule has 0 bridgehead atoms. The molecule has 0 aliphatic carbocycles. The fourth-order valence-corrected chi connectivity index (χ4v) is 1.92. The maximum Gasteiger partial charge on any atom is 0.257 e. The number of nitrogens with two attached hydrogens (primary N) is 1. The minimum Gasteiger partial charge on any atom is -0.323 e. The zero-order valence-electron chi connectivity index (χ0n) is 10.5. The molecular formula is C12H14ClN5O. The standard InChI is InChI=1S/C12H14ClN5O/c1-6-11(7(2)18-17-6)15-12(19)9-5-8(13)3-4-10(9)16-14/h3-5,16H,14H2,1-2H3,(H,15,19)(H,17,18). The van der Waals surface area contributed by atoms with E-state index in [4.69, 9.17) is 17.4 Å². The van der Waals surface area contributed by atoms with Crippen molar-refractivity contribution in [3.63, 3.8) is 0 Å². The van der Waals surface area contributed by atoms with Gasteiger partial charge in [-0.3, -0.25) is 15.7 Å². The second-order valence-electron chi connectivity index (χ2n) is 4.10. The molecule has 0 saturated carbocycles. The number of nitrogens with one attached hydrogen (secondary N) is 3. The van der Waals surface area contributed by atoms with Gasteiger partial charge in [0.25, 0.3) is 5.91 Å². The molecule has 1 aromatic heterocycles. The number of nitrogens with zero attached hydrogens (tertiary/aromatic N) is 1. The summed E-state index contributed by atoms with van der Waals surface area (Å²) >= 11 is 5.90. The van der Waals surface area contributed by atoms with Crippen LogP contribution in [0.4, 0.5) is 11.4 Å². The summed E-state index contributed by atoms with van der Waals surface area (Å²) in [6.45, 7) is 3.63. The van der Waals surface area contributed by atoms with Crippen molar-refractivity contribution in [1.82, 2.24) is 10.2 Å². The lowest BCUT2D eigenvalue weighted by Gasteiger charge is -2.10. The van der Waals surface area contributed by atoms with Crippen LogP contribution in [0.15, 0.2) is 18.2 Å². The first-order chi connectivity index (χ1) is 9.02. The van der Waals surface area contributed by atoms with Crippen molar-refractivity contribution in [3.05, 3.63) is 40.2 Å². The van der Waals surface area contributed by atoms with Crippen LogP contribution < -0.4 is 16.6 Å². The van der Waals surface area contributed by atoms with Gasteiger partial charge in [0.15, 0.2) is 0 Å². The third-order valence-electron chi connectivity index (χ3n) is 2.75. The minimum atomic E-state index is -0.303. The van der Waals surface area contributed by atoms with Crippen molar-refractivity contribution in [3.8, 4) is 0 Å². The van der Waals surface area contributed by atoms with E-state index in [1.54, 1.807) is 25.1 Å². The van der Waals surface area contributed by atoms with Crippen LogP contribution in [0, 0.1) is 13.8 Å². The van der Waals surface area contributed by atoms with Crippen LogP contribution >= 0.6 is 11.6 Å². The van der Waals surface area contributed by atoms with Crippen molar-refractivity contribution < 1.29 is 4.79 Å². The van der Waals surface area contributed by atoms with E-state index in [2.05, 4.69) is 20.9 Å².